The van der Waals surface area contributed by atoms with E-state index in [4.69, 9.17) is 4.74 Å². The summed E-state index contributed by atoms with van der Waals surface area (Å²) in [6.45, 7) is 1.60. The molecule has 5 rings (SSSR count). The highest BCUT2D eigenvalue weighted by Gasteiger charge is 2.37. The molecule has 0 aliphatic carbocycles. The second kappa shape index (κ2) is 9.58. The Hall–Kier alpha value is -4.20. The SMILES string of the molecule is COc1cccc(C(=O)N/C(=C\c2cccnc2)C(=O)N2CC3CC(C2)c2cccc(=O)n2C3)c1. The molecule has 3 aromatic rings. The van der Waals surface area contributed by atoms with Gasteiger partial charge in [0.2, 0.25) is 0 Å². The van der Waals surface area contributed by atoms with Crippen LogP contribution in [0.25, 0.3) is 6.08 Å². The number of amides is 2. The number of piperidine rings is 1. The van der Waals surface area contributed by atoms with Gasteiger partial charge in [0.05, 0.1) is 7.11 Å². The van der Waals surface area contributed by atoms with E-state index < -0.39 is 5.91 Å². The van der Waals surface area contributed by atoms with Crippen LogP contribution >= 0.6 is 0 Å². The van der Waals surface area contributed by atoms with Crippen LogP contribution in [0.1, 0.15) is 34.0 Å². The molecule has 4 heterocycles. The number of nitrogens with one attached hydrogen (secondary N) is 1. The topological polar surface area (TPSA) is 93.5 Å². The average molecular weight is 471 g/mol. The lowest BCUT2D eigenvalue weighted by Crippen LogP contribution is -2.50. The summed E-state index contributed by atoms with van der Waals surface area (Å²) in [4.78, 5) is 45.0. The van der Waals surface area contributed by atoms with Crippen LogP contribution in [0.3, 0.4) is 0 Å². The number of aromatic nitrogens is 2. The zero-order valence-corrected chi connectivity index (χ0v) is 19.4. The fourth-order valence-corrected chi connectivity index (χ4v) is 4.97. The quantitative estimate of drug-likeness (QED) is 0.579. The van der Waals surface area contributed by atoms with Gasteiger partial charge in [0.1, 0.15) is 11.4 Å². The fraction of sp³-hybridized carbons (Fsp3) is 0.259. The lowest BCUT2D eigenvalue weighted by atomic mass is 9.83. The molecule has 2 amide bonds. The van der Waals surface area contributed by atoms with Crippen molar-refractivity contribution in [2.24, 2.45) is 5.92 Å². The lowest BCUT2D eigenvalue weighted by Gasteiger charge is -2.43. The van der Waals surface area contributed by atoms with Crippen molar-refractivity contribution in [1.29, 1.82) is 0 Å². The summed E-state index contributed by atoms with van der Waals surface area (Å²) >= 11 is 0. The Morgan fingerprint density at radius 1 is 1.09 bits per heavy atom. The highest BCUT2D eigenvalue weighted by molar-refractivity contribution is 6.05. The first-order valence-corrected chi connectivity index (χ1v) is 11.6. The van der Waals surface area contributed by atoms with Crippen molar-refractivity contribution < 1.29 is 14.3 Å². The number of hydrogen-bond acceptors (Lipinski definition) is 5. The Balaban J connectivity index is 1.43. The van der Waals surface area contributed by atoms with Gasteiger partial charge in [0.15, 0.2) is 0 Å². The summed E-state index contributed by atoms with van der Waals surface area (Å²) in [7, 11) is 1.54. The molecule has 1 fully saturated rings. The van der Waals surface area contributed by atoms with Gasteiger partial charge in [0, 0.05) is 55.3 Å². The molecule has 2 bridgehead atoms. The molecule has 0 radical (unpaired) electrons. The van der Waals surface area contributed by atoms with Crippen molar-refractivity contribution in [3.05, 3.63) is 99.9 Å². The van der Waals surface area contributed by atoms with E-state index in [9.17, 15) is 14.4 Å². The minimum Gasteiger partial charge on any atom is -0.497 e. The molecule has 178 valence electrons. The van der Waals surface area contributed by atoms with E-state index in [1.54, 1.807) is 65.8 Å². The summed E-state index contributed by atoms with van der Waals surface area (Å²) in [5, 5.41) is 2.82. The molecule has 0 saturated carbocycles. The summed E-state index contributed by atoms with van der Waals surface area (Å²) in [5.41, 5.74) is 2.23. The third-order valence-corrected chi connectivity index (χ3v) is 6.57. The van der Waals surface area contributed by atoms with Crippen LogP contribution in [0.15, 0.2) is 77.5 Å². The zero-order valence-electron chi connectivity index (χ0n) is 19.4. The van der Waals surface area contributed by atoms with E-state index in [0.29, 0.717) is 36.5 Å². The number of rotatable bonds is 5. The second-order valence-corrected chi connectivity index (χ2v) is 8.94. The molecule has 8 nitrogen and oxygen atoms in total. The van der Waals surface area contributed by atoms with E-state index in [-0.39, 0.29) is 29.0 Å². The van der Waals surface area contributed by atoms with Gasteiger partial charge in [-0.15, -0.1) is 0 Å². The maximum Gasteiger partial charge on any atom is 0.270 e. The van der Waals surface area contributed by atoms with Gasteiger partial charge in [-0.3, -0.25) is 19.4 Å². The minimum atomic E-state index is -0.401. The molecule has 0 spiro atoms. The van der Waals surface area contributed by atoms with Gasteiger partial charge in [-0.25, -0.2) is 0 Å². The van der Waals surface area contributed by atoms with Crippen LogP contribution in [0.2, 0.25) is 0 Å². The van der Waals surface area contributed by atoms with Gasteiger partial charge in [0.25, 0.3) is 17.4 Å². The molecule has 2 atom stereocenters. The van der Waals surface area contributed by atoms with Crippen LogP contribution in [0.5, 0.6) is 5.75 Å². The lowest BCUT2D eigenvalue weighted by molar-refractivity contribution is -0.130. The molecule has 2 unspecified atom stereocenters. The number of carbonyl (C=O) groups excluding carboxylic acids is 2. The Morgan fingerprint density at radius 3 is 2.74 bits per heavy atom. The normalized spacial score (nSPS) is 19.0. The van der Waals surface area contributed by atoms with E-state index in [0.717, 1.165) is 12.1 Å². The van der Waals surface area contributed by atoms with Crippen molar-refractivity contribution in [2.45, 2.75) is 18.9 Å². The molecule has 8 heteroatoms. The molecule has 35 heavy (non-hydrogen) atoms. The standard InChI is InChI=1S/C27H26N4O4/c1-35-22-7-2-6-20(13-22)26(33)29-23(12-18-5-4-10-28-14-18)27(34)30-15-19-11-21(17-30)24-8-3-9-25(32)31(24)16-19/h2-10,12-14,19,21H,11,15-17H2,1H3,(H,29,33)/b23-12-. The van der Waals surface area contributed by atoms with Gasteiger partial charge >= 0.3 is 0 Å². The van der Waals surface area contributed by atoms with E-state index in [2.05, 4.69) is 10.3 Å². The van der Waals surface area contributed by atoms with Crippen LogP contribution in [0.4, 0.5) is 0 Å². The third-order valence-electron chi connectivity index (χ3n) is 6.57. The molecule has 2 aliphatic rings. The van der Waals surface area contributed by atoms with E-state index in [1.807, 2.05) is 16.7 Å². The smallest absolute Gasteiger partial charge is 0.270 e. The summed E-state index contributed by atoms with van der Waals surface area (Å²) in [5.74, 6) is 0.153. The maximum atomic E-state index is 13.7. The fourth-order valence-electron chi connectivity index (χ4n) is 4.97. The molecule has 1 saturated heterocycles. The largest absolute Gasteiger partial charge is 0.497 e. The number of methoxy groups -OCH3 is 1. The number of fused-ring (bicyclic) bond motifs is 4. The first kappa shape index (κ1) is 22.6. The highest BCUT2D eigenvalue weighted by Crippen LogP contribution is 2.35. The van der Waals surface area contributed by atoms with Crippen LogP contribution < -0.4 is 15.6 Å². The van der Waals surface area contributed by atoms with Crippen molar-refractivity contribution in [3.8, 4) is 5.75 Å². The summed E-state index contributed by atoms with van der Waals surface area (Å²) in [6, 6.07) is 15.7. The van der Waals surface area contributed by atoms with Crippen LogP contribution in [-0.4, -0.2) is 46.5 Å². The Kier molecular flexibility index (Phi) is 6.18. The zero-order chi connectivity index (χ0) is 24.4. The molecule has 1 N–H and O–H groups in total. The Bertz CT molecular complexity index is 1350. The van der Waals surface area contributed by atoms with Crippen LogP contribution in [-0.2, 0) is 11.3 Å². The molecule has 1 aromatic carbocycles. The number of carbonyl (C=O) groups is 2. The van der Waals surface area contributed by atoms with E-state index in [1.165, 1.54) is 7.11 Å². The summed E-state index contributed by atoms with van der Waals surface area (Å²) < 4.78 is 7.06. The molecule has 2 aliphatic heterocycles. The molecular weight excluding hydrogens is 444 g/mol. The van der Waals surface area contributed by atoms with Crippen LogP contribution in [0, 0.1) is 5.92 Å². The number of nitrogens with zero attached hydrogens (tertiary/aromatic N) is 3. The number of ether oxygens (including phenoxy) is 1. The average Bonchev–Trinajstić information content (AvgIpc) is 2.89. The Morgan fingerprint density at radius 2 is 1.94 bits per heavy atom. The second-order valence-electron chi connectivity index (χ2n) is 8.94. The van der Waals surface area contributed by atoms with Gasteiger partial charge in [-0.05, 0) is 54.3 Å². The predicted molar refractivity (Wildman–Crippen MR) is 131 cm³/mol. The van der Waals surface area contributed by atoms with E-state index >= 15 is 0 Å². The first-order valence-electron chi connectivity index (χ1n) is 11.6. The van der Waals surface area contributed by atoms with Crippen molar-refractivity contribution in [3.63, 3.8) is 0 Å². The third kappa shape index (κ3) is 4.73. The molecular formula is C27H26N4O4. The highest BCUT2D eigenvalue weighted by atomic mass is 16.5. The number of pyridine rings is 2. The predicted octanol–water partition coefficient (Wildman–Crippen LogP) is 2.67. The first-order chi connectivity index (χ1) is 17.0. The van der Waals surface area contributed by atoms with Crippen molar-refractivity contribution >= 4 is 17.9 Å². The number of hydrogen-bond donors (Lipinski definition) is 1. The van der Waals surface area contributed by atoms with Gasteiger partial charge in [-0.1, -0.05) is 18.2 Å². The molecule has 2 aromatic heterocycles. The maximum absolute atomic E-state index is 13.7. The van der Waals surface area contributed by atoms with Crippen molar-refractivity contribution in [1.82, 2.24) is 19.8 Å². The van der Waals surface area contributed by atoms with Crippen molar-refractivity contribution in [2.75, 3.05) is 20.2 Å². The minimum absolute atomic E-state index is 0.000286. The van der Waals surface area contributed by atoms with Gasteiger partial charge < -0.3 is 19.5 Å². The Labute approximate surface area is 202 Å². The van der Waals surface area contributed by atoms with Gasteiger partial charge in [-0.2, -0.15) is 0 Å². The number of likely N-dealkylation sites (tertiary alicyclic amines) is 1. The summed E-state index contributed by atoms with van der Waals surface area (Å²) in [6.07, 6.45) is 5.87. The monoisotopic (exact) mass is 470 g/mol. The number of benzene rings is 1.